The fourth-order valence-electron chi connectivity index (χ4n) is 2.32. The van der Waals surface area contributed by atoms with E-state index in [9.17, 15) is 10.2 Å². The zero-order valence-electron chi connectivity index (χ0n) is 8.45. The van der Waals surface area contributed by atoms with Gasteiger partial charge in [0.05, 0.1) is 6.10 Å². The van der Waals surface area contributed by atoms with Crippen molar-refractivity contribution in [1.29, 1.82) is 0 Å². The van der Waals surface area contributed by atoms with E-state index in [-0.39, 0.29) is 0 Å². The van der Waals surface area contributed by atoms with Crippen LogP contribution >= 0.6 is 0 Å². The van der Waals surface area contributed by atoms with Gasteiger partial charge in [-0.25, -0.2) is 0 Å². The standard InChI is InChI=1S/C12H18O2/c13-11-8-4-7-10(12(11)14)9-5-2-1-3-6-9/h5,7,11-14H,1-4,6,8H2/t11-,12+/m0/s1. The summed E-state index contributed by atoms with van der Waals surface area (Å²) in [7, 11) is 0. The lowest BCUT2D eigenvalue weighted by molar-refractivity contribution is 0.0324. The molecule has 2 N–H and O–H groups in total. The van der Waals surface area contributed by atoms with Gasteiger partial charge in [0.25, 0.3) is 0 Å². The first-order chi connectivity index (χ1) is 6.79. The lowest BCUT2D eigenvalue weighted by Crippen LogP contribution is -2.31. The van der Waals surface area contributed by atoms with Gasteiger partial charge in [0.2, 0.25) is 0 Å². The van der Waals surface area contributed by atoms with Crippen molar-refractivity contribution >= 4 is 0 Å². The van der Waals surface area contributed by atoms with Gasteiger partial charge in [-0.1, -0.05) is 12.2 Å². The number of hydrogen-bond acceptors (Lipinski definition) is 2. The minimum atomic E-state index is -0.645. The smallest absolute Gasteiger partial charge is 0.105 e. The molecule has 2 rings (SSSR count). The maximum Gasteiger partial charge on any atom is 0.105 e. The molecule has 0 aromatic carbocycles. The molecule has 2 heteroatoms. The second-order valence-corrected chi connectivity index (χ2v) is 4.22. The molecule has 0 heterocycles. The molecule has 0 saturated carbocycles. The summed E-state index contributed by atoms with van der Waals surface area (Å²) in [4.78, 5) is 0. The highest BCUT2D eigenvalue weighted by atomic mass is 16.3. The Kier molecular flexibility index (Phi) is 3.04. The third-order valence-corrected chi connectivity index (χ3v) is 3.17. The Labute approximate surface area is 85.0 Å². The van der Waals surface area contributed by atoms with E-state index in [4.69, 9.17) is 0 Å². The van der Waals surface area contributed by atoms with E-state index in [0.717, 1.165) is 24.8 Å². The van der Waals surface area contributed by atoms with Gasteiger partial charge in [0.15, 0.2) is 0 Å². The normalized spacial score (nSPS) is 33.6. The molecule has 0 saturated heterocycles. The number of rotatable bonds is 1. The van der Waals surface area contributed by atoms with E-state index in [1.807, 2.05) is 0 Å². The molecule has 2 atom stereocenters. The van der Waals surface area contributed by atoms with Crippen LogP contribution in [0.15, 0.2) is 23.3 Å². The molecular formula is C12H18O2. The minimum absolute atomic E-state index is 0.558. The average Bonchev–Trinajstić information content (AvgIpc) is 2.23. The van der Waals surface area contributed by atoms with E-state index < -0.39 is 12.2 Å². The first-order valence-electron chi connectivity index (χ1n) is 5.54. The third kappa shape index (κ3) is 1.91. The van der Waals surface area contributed by atoms with E-state index in [1.54, 1.807) is 0 Å². The van der Waals surface area contributed by atoms with Gasteiger partial charge < -0.3 is 10.2 Å². The molecule has 2 aliphatic carbocycles. The zero-order chi connectivity index (χ0) is 9.97. The van der Waals surface area contributed by atoms with E-state index in [1.165, 1.54) is 18.4 Å². The Morgan fingerprint density at radius 2 is 1.93 bits per heavy atom. The van der Waals surface area contributed by atoms with Crippen LogP contribution in [0, 0.1) is 0 Å². The van der Waals surface area contributed by atoms with E-state index in [0.29, 0.717) is 6.42 Å². The zero-order valence-corrected chi connectivity index (χ0v) is 8.45. The third-order valence-electron chi connectivity index (χ3n) is 3.17. The van der Waals surface area contributed by atoms with Crippen LogP contribution in [0.3, 0.4) is 0 Å². The quantitative estimate of drug-likeness (QED) is 0.669. The highest BCUT2D eigenvalue weighted by Crippen LogP contribution is 2.30. The Balaban J connectivity index is 2.16. The monoisotopic (exact) mass is 194 g/mol. The van der Waals surface area contributed by atoms with Gasteiger partial charge in [-0.2, -0.15) is 0 Å². The Morgan fingerprint density at radius 1 is 1.07 bits per heavy atom. The summed E-state index contributed by atoms with van der Waals surface area (Å²) in [5, 5.41) is 19.4. The SMILES string of the molecule is O[C@@H]1C(C2=CCCCC2)=CCC[C@@H]1O. The maximum absolute atomic E-state index is 9.83. The van der Waals surface area contributed by atoms with Gasteiger partial charge in [0, 0.05) is 0 Å². The topological polar surface area (TPSA) is 40.5 Å². The largest absolute Gasteiger partial charge is 0.390 e. The fourth-order valence-corrected chi connectivity index (χ4v) is 2.32. The Bertz CT molecular complexity index is 265. The van der Waals surface area contributed by atoms with Crippen molar-refractivity contribution in [3.05, 3.63) is 23.3 Å². The van der Waals surface area contributed by atoms with E-state index >= 15 is 0 Å². The van der Waals surface area contributed by atoms with Crippen molar-refractivity contribution in [3.8, 4) is 0 Å². The molecular weight excluding hydrogens is 176 g/mol. The van der Waals surface area contributed by atoms with Crippen molar-refractivity contribution in [2.24, 2.45) is 0 Å². The van der Waals surface area contributed by atoms with Crippen LogP contribution in [0.1, 0.15) is 38.5 Å². The number of aliphatic hydroxyl groups excluding tert-OH is 2. The molecule has 0 aromatic rings. The Hall–Kier alpha value is -0.600. The van der Waals surface area contributed by atoms with Crippen LogP contribution < -0.4 is 0 Å². The van der Waals surface area contributed by atoms with Gasteiger partial charge in [-0.05, 0) is 49.7 Å². The number of allylic oxidation sites excluding steroid dienone is 2. The summed E-state index contributed by atoms with van der Waals surface area (Å²) in [6.07, 6.45) is 9.35. The molecule has 0 radical (unpaired) electrons. The lowest BCUT2D eigenvalue weighted by atomic mass is 9.84. The van der Waals surface area contributed by atoms with Crippen molar-refractivity contribution in [2.75, 3.05) is 0 Å². The molecule has 78 valence electrons. The van der Waals surface area contributed by atoms with Crippen molar-refractivity contribution < 1.29 is 10.2 Å². The average molecular weight is 194 g/mol. The number of aliphatic hydroxyl groups is 2. The predicted molar refractivity (Wildman–Crippen MR) is 55.9 cm³/mol. The van der Waals surface area contributed by atoms with Gasteiger partial charge >= 0.3 is 0 Å². The lowest BCUT2D eigenvalue weighted by Gasteiger charge is -2.27. The van der Waals surface area contributed by atoms with Gasteiger partial charge in [0.1, 0.15) is 6.10 Å². The highest BCUT2D eigenvalue weighted by Gasteiger charge is 2.26. The Morgan fingerprint density at radius 3 is 2.64 bits per heavy atom. The van der Waals surface area contributed by atoms with Crippen LogP contribution in [0.4, 0.5) is 0 Å². The first-order valence-corrected chi connectivity index (χ1v) is 5.54. The maximum atomic E-state index is 9.83. The molecule has 0 fully saturated rings. The van der Waals surface area contributed by atoms with Crippen molar-refractivity contribution in [2.45, 2.75) is 50.7 Å². The second-order valence-electron chi connectivity index (χ2n) is 4.22. The molecule has 0 aliphatic heterocycles. The van der Waals surface area contributed by atoms with Crippen LogP contribution in [-0.2, 0) is 0 Å². The van der Waals surface area contributed by atoms with E-state index in [2.05, 4.69) is 12.2 Å². The molecule has 0 bridgehead atoms. The van der Waals surface area contributed by atoms with Gasteiger partial charge in [-0.15, -0.1) is 0 Å². The molecule has 2 nitrogen and oxygen atoms in total. The fraction of sp³-hybridized carbons (Fsp3) is 0.667. The van der Waals surface area contributed by atoms with Crippen LogP contribution in [0.2, 0.25) is 0 Å². The summed E-state index contributed by atoms with van der Waals surface area (Å²) >= 11 is 0. The molecule has 0 spiro atoms. The summed E-state index contributed by atoms with van der Waals surface area (Å²) in [5.41, 5.74) is 2.26. The predicted octanol–water partition coefficient (Wildman–Crippen LogP) is 1.93. The molecule has 0 aromatic heterocycles. The van der Waals surface area contributed by atoms with Crippen molar-refractivity contribution in [3.63, 3.8) is 0 Å². The molecule has 0 unspecified atom stereocenters. The van der Waals surface area contributed by atoms with Crippen molar-refractivity contribution in [1.82, 2.24) is 0 Å². The molecule has 0 amide bonds. The van der Waals surface area contributed by atoms with Gasteiger partial charge in [-0.3, -0.25) is 0 Å². The summed E-state index contributed by atoms with van der Waals surface area (Å²) < 4.78 is 0. The summed E-state index contributed by atoms with van der Waals surface area (Å²) in [5.74, 6) is 0. The van der Waals surface area contributed by atoms with Crippen LogP contribution in [-0.4, -0.2) is 22.4 Å². The summed E-state index contributed by atoms with van der Waals surface area (Å²) in [6.45, 7) is 0. The minimum Gasteiger partial charge on any atom is -0.390 e. The summed E-state index contributed by atoms with van der Waals surface area (Å²) in [6, 6.07) is 0. The second kappa shape index (κ2) is 4.28. The van der Waals surface area contributed by atoms with Crippen LogP contribution in [0.5, 0.6) is 0 Å². The highest BCUT2D eigenvalue weighted by molar-refractivity contribution is 5.37. The molecule has 14 heavy (non-hydrogen) atoms. The molecule has 2 aliphatic rings. The first kappa shape index (κ1) is 9.94. The van der Waals surface area contributed by atoms with Crippen LogP contribution in [0.25, 0.3) is 0 Å². The number of hydrogen-bond donors (Lipinski definition) is 2.